The highest BCUT2D eigenvalue weighted by atomic mass is 35.5. The summed E-state index contributed by atoms with van der Waals surface area (Å²) in [5.74, 6) is -1.89. The van der Waals surface area contributed by atoms with Crippen LogP contribution in [0.5, 0.6) is 0 Å². The van der Waals surface area contributed by atoms with Gasteiger partial charge in [0, 0.05) is 5.02 Å². The second-order valence-electron chi connectivity index (χ2n) is 3.81. The van der Waals surface area contributed by atoms with Crippen LogP contribution in [0.15, 0.2) is 18.2 Å². The Bertz CT molecular complexity index is 744. The fourth-order valence-electron chi connectivity index (χ4n) is 1.55. The van der Waals surface area contributed by atoms with Gasteiger partial charge in [0.2, 0.25) is 0 Å². The zero-order valence-corrected chi connectivity index (χ0v) is 13.8. The first kappa shape index (κ1) is 16.4. The van der Waals surface area contributed by atoms with Gasteiger partial charge in [-0.25, -0.2) is 4.79 Å². The molecule has 21 heavy (non-hydrogen) atoms. The van der Waals surface area contributed by atoms with E-state index in [9.17, 15) is 9.59 Å². The topological polar surface area (TPSA) is 66.4 Å². The number of benzene rings is 1. The van der Waals surface area contributed by atoms with E-state index in [1.807, 2.05) is 0 Å². The Morgan fingerprint density at radius 1 is 1.05 bits per heavy atom. The number of rotatable bonds is 3. The van der Waals surface area contributed by atoms with Crippen molar-refractivity contribution >= 4 is 75.3 Å². The molecule has 1 aromatic heterocycles. The lowest BCUT2D eigenvalue weighted by Gasteiger charge is -2.10. The van der Waals surface area contributed by atoms with Crippen molar-refractivity contribution in [1.82, 2.24) is 0 Å². The minimum absolute atomic E-state index is 0.00528. The van der Waals surface area contributed by atoms with E-state index in [4.69, 9.17) is 51.5 Å². The van der Waals surface area contributed by atoms with E-state index in [2.05, 4.69) is 5.32 Å². The van der Waals surface area contributed by atoms with Crippen molar-refractivity contribution in [2.75, 3.05) is 5.32 Å². The van der Waals surface area contributed by atoms with Crippen molar-refractivity contribution in [3.63, 3.8) is 0 Å². The van der Waals surface area contributed by atoms with Gasteiger partial charge in [-0.1, -0.05) is 46.4 Å². The number of hydrogen-bond acceptors (Lipinski definition) is 3. The predicted octanol–water partition coefficient (Wildman–Crippen LogP) is 5.31. The maximum atomic E-state index is 12.1. The molecular formula is C12H5Cl4NO3S. The van der Waals surface area contributed by atoms with Crippen molar-refractivity contribution in [3.05, 3.63) is 48.0 Å². The minimum Gasteiger partial charge on any atom is -0.478 e. The van der Waals surface area contributed by atoms with Gasteiger partial charge in [0.15, 0.2) is 0 Å². The highest BCUT2D eigenvalue weighted by Crippen LogP contribution is 2.34. The van der Waals surface area contributed by atoms with Crippen molar-refractivity contribution in [3.8, 4) is 0 Å². The van der Waals surface area contributed by atoms with Crippen molar-refractivity contribution in [1.29, 1.82) is 0 Å². The molecule has 110 valence electrons. The molecule has 2 rings (SSSR count). The van der Waals surface area contributed by atoms with Crippen LogP contribution < -0.4 is 5.32 Å². The molecule has 1 aromatic carbocycles. The van der Waals surface area contributed by atoms with E-state index in [1.54, 1.807) is 0 Å². The second-order valence-corrected chi connectivity index (χ2v) is 6.94. The number of nitrogens with one attached hydrogen (secondary N) is 1. The van der Waals surface area contributed by atoms with Crippen molar-refractivity contribution in [2.24, 2.45) is 0 Å². The van der Waals surface area contributed by atoms with Crippen LogP contribution in [0.1, 0.15) is 20.7 Å². The zero-order valence-electron chi connectivity index (χ0n) is 9.92. The molecule has 1 heterocycles. The number of thiophene rings is 1. The van der Waals surface area contributed by atoms with Crippen LogP contribution in [0, 0.1) is 0 Å². The largest absolute Gasteiger partial charge is 0.478 e. The van der Waals surface area contributed by atoms with Gasteiger partial charge in [0.25, 0.3) is 5.91 Å². The van der Waals surface area contributed by atoms with Crippen LogP contribution in [0.25, 0.3) is 0 Å². The Morgan fingerprint density at radius 3 is 2.24 bits per heavy atom. The Kier molecular flexibility index (Phi) is 5.01. The molecule has 0 aliphatic heterocycles. The fourth-order valence-corrected chi connectivity index (χ4v) is 3.54. The van der Waals surface area contributed by atoms with E-state index in [-0.39, 0.29) is 31.2 Å². The lowest BCUT2D eigenvalue weighted by Crippen LogP contribution is -2.15. The predicted molar refractivity (Wildman–Crippen MR) is 85.7 cm³/mol. The maximum Gasteiger partial charge on any atom is 0.337 e. The molecule has 0 spiro atoms. The Labute approximate surface area is 143 Å². The molecule has 2 N–H and O–H groups in total. The van der Waals surface area contributed by atoms with E-state index in [0.717, 1.165) is 11.3 Å². The second kappa shape index (κ2) is 6.42. The van der Waals surface area contributed by atoms with Gasteiger partial charge in [-0.15, -0.1) is 11.3 Å². The molecule has 0 saturated heterocycles. The molecule has 0 fully saturated rings. The number of carbonyl (C=O) groups is 2. The zero-order chi connectivity index (χ0) is 15.7. The molecule has 0 aliphatic carbocycles. The fraction of sp³-hybridized carbons (Fsp3) is 0. The van der Waals surface area contributed by atoms with Crippen molar-refractivity contribution in [2.45, 2.75) is 0 Å². The molecule has 2 aromatic rings. The van der Waals surface area contributed by atoms with Gasteiger partial charge in [-0.2, -0.15) is 0 Å². The minimum atomic E-state index is -1.27. The van der Waals surface area contributed by atoms with E-state index < -0.39 is 11.9 Å². The number of carboxylic acid groups (broad SMARTS) is 1. The molecule has 1 amide bonds. The van der Waals surface area contributed by atoms with Crippen LogP contribution in [-0.4, -0.2) is 17.0 Å². The maximum absolute atomic E-state index is 12.1. The number of hydrogen-bond donors (Lipinski definition) is 2. The summed E-state index contributed by atoms with van der Waals surface area (Å²) in [6, 6.07) is 3.90. The van der Waals surface area contributed by atoms with Crippen LogP contribution in [-0.2, 0) is 0 Å². The first-order valence-electron chi connectivity index (χ1n) is 5.28. The average Bonchev–Trinajstić information content (AvgIpc) is 2.71. The third-order valence-electron chi connectivity index (χ3n) is 2.43. The molecule has 0 bridgehead atoms. The molecule has 0 unspecified atom stereocenters. The average molecular weight is 385 g/mol. The van der Waals surface area contributed by atoms with E-state index in [1.165, 1.54) is 18.2 Å². The van der Waals surface area contributed by atoms with Crippen LogP contribution in [0.2, 0.25) is 18.7 Å². The summed E-state index contributed by atoms with van der Waals surface area (Å²) >= 11 is 24.4. The Hall–Kier alpha value is -0.980. The van der Waals surface area contributed by atoms with Crippen molar-refractivity contribution < 1.29 is 14.7 Å². The summed E-state index contributed by atoms with van der Waals surface area (Å²) in [7, 11) is 0. The van der Waals surface area contributed by atoms with Crippen LogP contribution in [0.4, 0.5) is 5.69 Å². The van der Waals surface area contributed by atoms with Crippen LogP contribution in [0.3, 0.4) is 0 Å². The molecule has 0 radical (unpaired) electrons. The third kappa shape index (κ3) is 3.62. The molecule has 0 atom stereocenters. The van der Waals surface area contributed by atoms with Gasteiger partial charge in [0.1, 0.15) is 4.34 Å². The summed E-state index contributed by atoms with van der Waals surface area (Å²) in [5.41, 5.74) is -0.149. The quantitative estimate of drug-likeness (QED) is 0.753. The number of halogens is 4. The summed E-state index contributed by atoms with van der Waals surface area (Å²) in [4.78, 5) is 23.3. The van der Waals surface area contributed by atoms with E-state index in [0.29, 0.717) is 4.34 Å². The SMILES string of the molecule is O=C(Nc1c(Cl)cc(Cl)cc1C(=O)O)c1cc(Cl)sc1Cl. The van der Waals surface area contributed by atoms with E-state index >= 15 is 0 Å². The number of anilines is 1. The molecule has 0 aliphatic rings. The highest BCUT2D eigenvalue weighted by Gasteiger charge is 2.20. The smallest absolute Gasteiger partial charge is 0.337 e. The first-order chi connectivity index (χ1) is 9.79. The first-order valence-corrected chi connectivity index (χ1v) is 7.61. The molecule has 9 heteroatoms. The number of amides is 1. The summed E-state index contributed by atoms with van der Waals surface area (Å²) in [6.07, 6.45) is 0. The van der Waals surface area contributed by atoms with Gasteiger partial charge in [-0.3, -0.25) is 4.79 Å². The summed E-state index contributed by atoms with van der Waals surface area (Å²) in [5, 5.41) is 11.7. The number of carboxylic acids is 1. The van der Waals surface area contributed by atoms with Crippen LogP contribution >= 0.6 is 57.7 Å². The van der Waals surface area contributed by atoms with Gasteiger partial charge >= 0.3 is 5.97 Å². The summed E-state index contributed by atoms with van der Waals surface area (Å²) < 4.78 is 0.533. The number of aromatic carboxylic acids is 1. The molecule has 0 saturated carbocycles. The third-order valence-corrected chi connectivity index (χ3v) is 4.43. The van der Waals surface area contributed by atoms with Gasteiger partial charge in [-0.05, 0) is 18.2 Å². The molecular weight excluding hydrogens is 380 g/mol. The Morgan fingerprint density at radius 2 is 1.71 bits per heavy atom. The molecule has 4 nitrogen and oxygen atoms in total. The lowest BCUT2D eigenvalue weighted by atomic mass is 10.1. The number of carbonyl (C=O) groups excluding carboxylic acids is 1. The monoisotopic (exact) mass is 383 g/mol. The van der Waals surface area contributed by atoms with Gasteiger partial charge in [0.05, 0.1) is 26.2 Å². The lowest BCUT2D eigenvalue weighted by molar-refractivity contribution is 0.0698. The summed E-state index contributed by atoms with van der Waals surface area (Å²) in [6.45, 7) is 0. The normalized spacial score (nSPS) is 10.5. The highest BCUT2D eigenvalue weighted by molar-refractivity contribution is 7.20. The van der Waals surface area contributed by atoms with Gasteiger partial charge < -0.3 is 10.4 Å². The Balaban J connectivity index is 2.42. The standard InChI is InChI=1S/C12H5Cl4NO3S/c13-4-1-5(12(19)20)9(7(14)2-4)17-11(18)6-3-8(15)21-10(6)16/h1-3H,(H,17,18)(H,19,20).